The Morgan fingerprint density at radius 1 is 1.14 bits per heavy atom. The van der Waals surface area contributed by atoms with Crippen molar-refractivity contribution in [3.63, 3.8) is 0 Å². The molecule has 0 unspecified atom stereocenters. The average Bonchev–Trinajstić information content (AvgIpc) is 2.76. The molecule has 2 fully saturated rings. The topological polar surface area (TPSA) is 40.5 Å². The highest BCUT2D eigenvalue weighted by Crippen LogP contribution is 2.61. The van der Waals surface area contributed by atoms with E-state index in [1.54, 1.807) is 0 Å². The van der Waals surface area contributed by atoms with Crippen LogP contribution in [0.15, 0.2) is 12.1 Å². The van der Waals surface area contributed by atoms with Crippen LogP contribution in [0.25, 0.3) is 0 Å². The molecule has 5 atom stereocenters. The monoisotopic (exact) mass is 286 g/mol. The molecular weight excluding hydrogens is 260 g/mol. The third kappa shape index (κ3) is 1.81. The van der Waals surface area contributed by atoms with Gasteiger partial charge in [-0.2, -0.15) is 0 Å². The lowest BCUT2D eigenvalue weighted by Gasteiger charge is -2.50. The van der Waals surface area contributed by atoms with Crippen molar-refractivity contribution in [2.45, 2.75) is 64.4 Å². The molecule has 2 saturated carbocycles. The Morgan fingerprint density at radius 2 is 1.95 bits per heavy atom. The summed E-state index contributed by atoms with van der Waals surface area (Å²) in [5, 5.41) is 20.4. The van der Waals surface area contributed by atoms with Crippen LogP contribution in [0.2, 0.25) is 0 Å². The van der Waals surface area contributed by atoms with E-state index in [4.69, 9.17) is 0 Å². The molecule has 0 amide bonds. The largest absolute Gasteiger partial charge is 0.508 e. The van der Waals surface area contributed by atoms with Crippen molar-refractivity contribution in [3.8, 4) is 5.75 Å². The number of hydrogen-bond acceptors (Lipinski definition) is 2. The normalized spacial score (nSPS) is 41.3. The molecular formula is C19H26O2. The quantitative estimate of drug-likeness (QED) is 0.759. The zero-order chi connectivity index (χ0) is 14.8. The van der Waals surface area contributed by atoms with Gasteiger partial charge in [-0.3, -0.25) is 0 Å². The number of aliphatic hydroxyl groups excluding tert-OH is 1. The van der Waals surface area contributed by atoms with E-state index in [2.05, 4.69) is 13.0 Å². The van der Waals surface area contributed by atoms with Crippen LogP contribution in [-0.2, 0) is 6.42 Å². The second-order valence-electron chi connectivity index (χ2n) is 7.89. The minimum Gasteiger partial charge on any atom is -0.508 e. The molecule has 2 heteroatoms. The molecule has 1 aromatic rings. The summed E-state index contributed by atoms with van der Waals surface area (Å²) in [6.07, 6.45) is 6.77. The van der Waals surface area contributed by atoms with Gasteiger partial charge in [0.15, 0.2) is 0 Å². The minimum atomic E-state index is -0.0913. The van der Waals surface area contributed by atoms with Crippen LogP contribution < -0.4 is 0 Å². The summed E-state index contributed by atoms with van der Waals surface area (Å²) in [5.41, 5.74) is 4.02. The first kappa shape index (κ1) is 13.6. The lowest BCUT2D eigenvalue weighted by molar-refractivity contribution is -0.0226. The standard InChI is InChI=1S/C19H26O2/c1-11-9-15-12(10-17(11)20)3-4-14-13(15)7-8-19(2)16(14)5-6-18(19)21/h9-10,13-14,16,18,20-21H,3-8H2,1-2H3/t13-,14-,16+,18+,19-/m0/s1. The zero-order valence-electron chi connectivity index (χ0n) is 13.1. The molecule has 1 aromatic carbocycles. The van der Waals surface area contributed by atoms with Gasteiger partial charge in [0.05, 0.1) is 6.10 Å². The summed E-state index contributed by atoms with van der Waals surface area (Å²) in [7, 11) is 0. The van der Waals surface area contributed by atoms with Crippen molar-refractivity contribution in [2.75, 3.05) is 0 Å². The third-order valence-electron chi connectivity index (χ3n) is 6.99. The smallest absolute Gasteiger partial charge is 0.118 e. The van der Waals surface area contributed by atoms with E-state index >= 15 is 0 Å². The average molecular weight is 286 g/mol. The van der Waals surface area contributed by atoms with Crippen molar-refractivity contribution >= 4 is 0 Å². The summed E-state index contributed by atoms with van der Waals surface area (Å²) >= 11 is 0. The summed E-state index contributed by atoms with van der Waals surface area (Å²) in [4.78, 5) is 0. The second kappa shape index (κ2) is 4.49. The van der Waals surface area contributed by atoms with Gasteiger partial charge in [0.25, 0.3) is 0 Å². The van der Waals surface area contributed by atoms with E-state index in [9.17, 15) is 10.2 Å². The molecule has 3 aliphatic rings. The van der Waals surface area contributed by atoms with Crippen molar-refractivity contribution in [1.82, 2.24) is 0 Å². The third-order valence-corrected chi connectivity index (χ3v) is 6.99. The first-order valence-corrected chi connectivity index (χ1v) is 8.51. The van der Waals surface area contributed by atoms with E-state index < -0.39 is 0 Å². The number of phenols is 1. The highest BCUT2D eigenvalue weighted by molar-refractivity contribution is 5.45. The van der Waals surface area contributed by atoms with E-state index in [0.29, 0.717) is 17.6 Å². The molecule has 4 rings (SSSR count). The van der Waals surface area contributed by atoms with Crippen LogP contribution in [0.3, 0.4) is 0 Å². The van der Waals surface area contributed by atoms with E-state index in [0.717, 1.165) is 30.7 Å². The van der Waals surface area contributed by atoms with E-state index in [1.807, 2.05) is 13.0 Å². The maximum atomic E-state index is 10.4. The first-order valence-electron chi connectivity index (χ1n) is 8.51. The van der Waals surface area contributed by atoms with Crippen LogP contribution in [0.1, 0.15) is 61.6 Å². The Morgan fingerprint density at radius 3 is 2.76 bits per heavy atom. The summed E-state index contributed by atoms with van der Waals surface area (Å²) in [6.45, 7) is 4.33. The number of rotatable bonds is 0. The fourth-order valence-corrected chi connectivity index (χ4v) is 5.69. The fraction of sp³-hybridized carbons (Fsp3) is 0.684. The number of benzene rings is 1. The Labute approximate surface area is 127 Å². The number of aliphatic hydroxyl groups is 1. The Kier molecular flexibility index (Phi) is 2.91. The van der Waals surface area contributed by atoms with Gasteiger partial charge in [-0.05, 0) is 91.4 Å². The zero-order valence-corrected chi connectivity index (χ0v) is 13.1. The summed E-state index contributed by atoms with van der Waals surface area (Å²) < 4.78 is 0. The number of aromatic hydroxyl groups is 1. The number of fused-ring (bicyclic) bond motifs is 5. The van der Waals surface area contributed by atoms with Gasteiger partial charge >= 0.3 is 0 Å². The van der Waals surface area contributed by atoms with Gasteiger partial charge in [-0.15, -0.1) is 0 Å². The first-order chi connectivity index (χ1) is 10.0. The molecule has 2 nitrogen and oxygen atoms in total. The molecule has 0 spiro atoms. The van der Waals surface area contributed by atoms with E-state index in [-0.39, 0.29) is 11.5 Å². The molecule has 0 aromatic heterocycles. The van der Waals surface area contributed by atoms with Gasteiger partial charge in [0.2, 0.25) is 0 Å². The molecule has 0 aliphatic heterocycles. The molecule has 3 aliphatic carbocycles. The Hall–Kier alpha value is -1.02. The predicted octanol–water partition coefficient (Wildman–Crippen LogP) is 3.92. The number of aryl methyl sites for hydroxylation is 2. The van der Waals surface area contributed by atoms with E-state index in [1.165, 1.54) is 30.4 Å². The minimum absolute atomic E-state index is 0.0913. The molecule has 2 N–H and O–H groups in total. The van der Waals surface area contributed by atoms with Crippen LogP contribution in [0.4, 0.5) is 0 Å². The Balaban J connectivity index is 1.73. The lowest BCUT2D eigenvalue weighted by atomic mass is 9.55. The SMILES string of the molecule is Cc1cc2c(cc1O)CC[C@H]1[C@@H]2CC[C@]2(C)[C@H](O)CC[C@H]12. The van der Waals surface area contributed by atoms with Crippen molar-refractivity contribution in [1.29, 1.82) is 0 Å². The van der Waals surface area contributed by atoms with Crippen molar-refractivity contribution in [3.05, 3.63) is 28.8 Å². The van der Waals surface area contributed by atoms with Crippen molar-refractivity contribution < 1.29 is 10.2 Å². The predicted molar refractivity (Wildman–Crippen MR) is 83.5 cm³/mol. The second-order valence-corrected chi connectivity index (χ2v) is 7.89. The van der Waals surface area contributed by atoms with Gasteiger partial charge < -0.3 is 10.2 Å². The maximum Gasteiger partial charge on any atom is 0.118 e. The highest BCUT2D eigenvalue weighted by atomic mass is 16.3. The number of hydrogen-bond donors (Lipinski definition) is 2. The van der Waals surface area contributed by atoms with Crippen LogP contribution in [0, 0.1) is 24.2 Å². The fourth-order valence-electron chi connectivity index (χ4n) is 5.69. The summed E-state index contributed by atoms with van der Waals surface area (Å²) in [5.74, 6) is 2.52. The molecule has 0 heterocycles. The van der Waals surface area contributed by atoms with Gasteiger partial charge in [0.1, 0.15) is 5.75 Å². The van der Waals surface area contributed by atoms with Gasteiger partial charge in [-0.1, -0.05) is 13.0 Å². The molecule has 114 valence electrons. The highest BCUT2D eigenvalue weighted by Gasteiger charge is 2.54. The maximum absolute atomic E-state index is 10.4. The Bertz CT molecular complexity index is 579. The van der Waals surface area contributed by atoms with Crippen LogP contribution in [0.5, 0.6) is 5.75 Å². The molecule has 0 bridgehead atoms. The van der Waals surface area contributed by atoms with Crippen molar-refractivity contribution in [2.24, 2.45) is 17.3 Å². The number of phenolic OH excluding ortho intramolecular Hbond substituents is 1. The molecule has 0 radical (unpaired) electrons. The van der Waals surface area contributed by atoms with Crippen LogP contribution in [-0.4, -0.2) is 16.3 Å². The molecule has 0 saturated heterocycles. The lowest BCUT2D eigenvalue weighted by Crippen LogP contribution is -2.43. The molecule has 21 heavy (non-hydrogen) atoms. The van der Waals surface area contributed by atoms with Gasteiger partial charge in [0, 0.05) is 0 Å². The summed E-state index contributed by atoms with van der Waals surface area (Å²) in [6, 6.07) is 4.23. The van der Waals surface area contributed by atoms with Crippen LogP contribution >= 0.6 is 0 Å². The van der Waals surface area contributed by atoms with Gasteiger partial charge in [-0.25, -0.2) is 0 Å².